The molecule has 1 atom stereocenters. The van der Waals surface area contributed by atoms with Crippen LogP contribution in [0.4, 0.5) is 0 Å². The van der Waals surface area contributed by atoms with Gasteiger partial charge in [0, 0.05) is 18.7 Å². The molecule has 17 heavy (non-hydrogen) atoms. The van der Waals surface area contributed by atoms with Crippen LogP contribution in [0.15, 0.2) is 29.3 Å². The van der Waals surface area contributed by atoms with Crippen LogP contribution in [0.3, 0.4) is 0 Å². The molecule has 0 aromatic carbocycles. The number of ether oxygens (including phenoxy) is 1. The van der Waals surface area contributed by atoms with E-state index in [-0.39, 0.29) is 11.5 Å². The molecule has 1 rings (SSSR count). The summed E-state index contributed by atoms with van der Waals surface area (Å²) in [6.45, 7) is 9.51. The van der Waals surface area contributed by atoms with Crippen LogP contribution < -0.4 is 0 Å². The second-order valence-corrected chi connectivity index (χ2v) is 5.61. The fourth-order valence-electron chi connectivity index (χ4n) is 1.91. The van der Waals surface area contributed by atoms with Crippen LogP contribution in [-0.4, -0.2) is 25.5 Å². The van der Waals surface area contributed by atoms with Crippen molar-refractivity contribution in [3.63, 3.8) is 0 Å². The van der Waals surface area contributed by atoms with Crippen LogP contribution in [0.25, 0.3) is 0 Å². The second-order valence-electron chi connectivity index (χ2n) is 5.61. The molecule has 0 aromatic rings. The van der Waals surface area contributed by atoms with Gasteiger partial charge in [0.1, 0.15) is 0 Å². The molecule has 0 amide bonds. The Morgan fingerprint density at radius 1 is 1.29 bits per heavy atom. The summed E-state index contributed by atoms with van der Waals surface area (Å²) in [5.41, 5.74) is 1.40. The standard InChI is InChI=1S/C15H25NO/c1-6-13(12-9-7-8-10-12)16-14(11-17-5)15(2,3)4/h7-10,12,14H,6,11H2,1-5H3/t14-/m1/s1. The average Bonchev–Trinajstić information content (AvgIpc) is 2.75. The van der Waals surface area contributed by atoms with E-state index in [4.69, 9.17) is 9.73 Å². The van der Waals surface area contributed by atoms with Gasteiger partial charge in [-0.15, -0.1) is 0 Å². The summed E-state index contributed by atoms with van der Waals surface area (Å²) in [6.07, 6.45) is 9.59. The van der Waals surface area contributed by atoms with Gasteiger partial charge in [0.15, 0.2) is 0 Å². The summed E-state index contributed by atoms with van der Waals surface area (Å²) >= 11 is 0. The molecule has 1 aliphatic rings. The lowest BCUT2D eigenvalue weighted by Gasteiger charge is -2.28. The Bertz CT molecular complexity index is 308. The molecule has 0 radical (unpaired) electrons. The lowest BCUT2D eigenvalue weighted by Crippen LogP contribution is -2.31. The van der Waals surface area contributed by atoms with Crippen molar-refractivity contribution in [2.45, 2.75) is 40.2 Å². The molecule has 96 valence electrons. The van der Waals surface area contributed by atoms with Gasteiger partial charge in [-0.2, -0.15) is 0 Å². The highest BCUT2D eigenvalue weighted by Crippen LogP contribution is 2.25. The predicted octanol–water partition coefficient (Wildman–Crippen LogP) is 3.64. The molecule has 0 aromatic heterocycles. The van der Waals surface area contributed by atoms with Gasteiger partial charge in [0.05, 0.1) is 12.6 Å². The summed E-state index contributed by atoms with van der Waals surface area (Å²) in [7, 11) is 1.75. The predicted molar refractivity (Wildman–Crippen MR) is 74.6 cm³/mol. The summed E-state index contributed by atoms with van der Waals surface area (Å²) in [5.74, 6) is 0.390. The first-order valence-electron chi connectivity index (χ1n) is 6.39. The number of allylic oxidation sites excluding steroid dienone is 4. The lowest BCUT2D eigenvalue weighted by atomic mass is 9.87. The maximum absolute atomic E-state index is 5.30. The van der Waals surface area contributed by atoms with Crippen molar-refractivity contribution >= 4 is 5.71 Å². The van der Waals surface area contributed by atoms with E-state index in [2.05, 4.69) is 52.0 Å². The van der Waals surface area contributed by atoms with Gasteiger partial charge < -0.3 is 4.74 Å². The topological polar surface area (TPSA) is 21.6 Å². The average molecular weight is 235 g/mol. The van der Waals surface area contributed by atoms with Gasteiger partial charge in [-0.05, 0) is 11.8 Å². The number of aliphatic imine (C=N–C) groups is 1. The minimum absolute atomic E-state index is 0.141. The first kappa shape index (κ1) is 14.2. The van der Waals surface area contributed by atoms with Crippen molar-refractivity contribution in [3.05, 3.63) is 24.3 Å². The molecule has 0 unspecified atom stereocenters. The summed E-state index contributed by atoms with van der Waals surface area (Å²) in [6, 6.07) is 0.227. The van der Waals surface area contributed by atoms with E-state index in [1.807, 2.05) is 0 Å². The quantitative estimate of drug-likeness (QED) is 0.667. The minimum atomic E-state index is 0.141. The zero-order valence-corrected chi connectivity index (χ0v) is 11.7. The first-order valence-corrected chi connectivity index (χ1v) is 6.39. The molecule has 0 aliphatic heterocycles. The molecule has 1 aliphatic carbocycles. The molecule has 2 nitrogen and oxygen atoms in total. The molecular formula is C15H25NO. The van der Waals surface area contributed by atoms with Gasteiger partial charge in [-0.25, -0.2) is 0 Å². The number of hydrogen-bond donors (Lipinski definition) is 0. The van der Waals surface area contributed by atoms with Gasteiger partial charge in [-0.1, -0.05) is 52.0 Å². The van der Waals surface area contributed by atoms with Crippen LogP contribution in [0.5, 0.6) is 0 Å². The minimum Gasteiger partial charge on any atom is -0.382 e. The Kier molecular flexibility index (Phi) is 5.13. The highest BCUT2D eigenvalue weighted by molar-refractivity contribution is 5.90. The molecule has 0 spiro atoms. The van der Waals surface area contributed by atoms with Crippen molar-refractivity contribution in [1.29, 1.82) is 0 Å². The summed E-state index contributed by atoms with van der Waals surface area (Å²) < 4.78 is 5.30. The monoisotopic (exact) mass is 235 g/mol. The van der Waals surface area contributed by atoms with E-state index in [0.29, 0.717) is 12.5 Å². The van der Waals surface area contributed by atoms with Crippen LogP contribution in [-0.2, 0) is 4.74 Å². The third-order valence-electron chi connectivity index (χ3n) is 3.14. The lowest BCUT2D eigenvalue weighted by molar-refractivity contribution is 0.136. The SMILES string of the molecule is CCC(=N[C@H](COC)C(C)(C)C)C1C=CC=C1. The molecule has 0 N–H and O–H groups in total. The van der Waals surface area contributed by atoms with Crippen LogP contribution in [0, 0.1) is 11.3 Å². The maximum atomic E-state index is 5.30. The summed E-state index contributed by atoms with van der Waals surface area (Å²) in [5, 5.41) is 0. The van der Waals surface area contributed by atoms with Gasteiger partial charge >= 0.3 is 0 Å². The highest BCUT2D eigenvalue weighted by Gasteiger charge is 2.25. The van der Waals surface area contributed by atoms with E-state index in [0.717, 1.165) is 6.42 Å². The van der Waals surface area contributed by atoms with E-state index in [1.54, 1.807) is 7.11 Å². The van der Waals surface area contributed by atoms with Crippen molar-refractivity contribution < 1.29 is 4.74 Å². The molecule has 0 bridgehead atoms. The third-order valence-corrected chi connectivity index (χ3v) is 3.14. The van der Waals surface area contributed by atoms with Crippen molar-refractivity contribution in [2.75, 3.05) is 13.7 Å². The van der Waals surface area contributed by atoms with Crippen molar-refractivity contribution in [1.82, 2.24) is 0 Å². The van der Waals surface area contributed by atoms with Gasteiger partial charge in [0.25, 0.3) is 0 Å². The molecule has 0 heterocycles. The van der Waals surface area contributed by atoms with Crippen molar-refractivity contribution in [3.8, 4) is 0 Å². The molecule has 0 saturated heterocycles. The van der Waals surface area contributed by atoms with Crippen LogP contribution >= 0.6 is 0 Å². The van der Waals surface area contributed by atoms with E-state index in [1.165, 1.54) is 5.71 Å². The number of rotatable bonds is 5. The molecule has 2 heteroatoms. The molecule has 0 saturated carbocycles. The fourth-order valence-corrected chi connectivity index (χ4v) is 1.91. The van der Waals surface area contributed by atoms with Crippen molar-refractivity contribution in [2.24, 2.45) is 16.3 Å². The zero-order valence-electron chi connectivity index (χ0n) is 11.7. The highest BCUT2D eigenvalue weighted by atomic mass is 16.5. The Morgan fingerprint density at radius 3 is 2.29 bits per heavy atom. The van der Waals surface area contributed by atoms with Gasteiger partial charge in [-0.3, -0.25) is 4.99 Å². The van der Waals surface area contributed by atoms with E-state index < -0.39 is 0 Å². The molecular weight excluding hydrogens is 210 g/mol. The third kappa shape index (κ3) is 4.12. The Balaban J connectivity index is 2.86. The largest absolute Gasteiger partial charge is 0.382 e. The normalized spacial score (nSPS) is 19.0. The second kappa shape index (κ2) is 6.15. The van der Waals surface area contributed by atoms with E-state index in [9.17, 15) is 0 Å². The molecule has 0 fully saturated rings. The Labute approximate surface area is 105 Å². The van der Waals surface area contributed by atoms with Crippen LogP contribution in [0.1, 0.15) is 34.1 Å². The van der Waals surface area contributed by atoms with E-state index >= 15 is 0 Å². The van der Waals surface area contributed by atoms with Gasteiger partial charge in [0.2, 0.25) is 0 Å². The Hall–Kier alpha value is -0.890. The number of hydrogen-bond acceptors (Lipinski definition) is 2. The number of nitrogens with zero attached hydrogens (tertiary/aromatic N) is 1. The smallest absolute Gasteiger partial charge is 0.0780 e. The first-order chi connectivity index (χ1) is 7.99. The number of methoxy groups -OCH3 is 1. The maximum Gasteiger partial charge on any atom is 0.0780 e. The zero-order chi connectivity index (χ0) is 12.9. The summed E-state index contributed by atoms with van der Waals surface area (Å²) in [4.78, 5) is 4.93. The van der Waals surface area contributed by atoms with Crippen LogP contribution in [0.2, 0.25) is 0 Å². The fraction of sp³-hybridized carbons (Fsp3) is 0.667. The Morgan fingerprint density at radius 2 is 1.88 bits per heavy atom.